The zero-order valence-electron chi connectivity index (χ0n) is 22.7. The Balaban J connectivity index is 1.49. The Hall–Kier alpha value is -5.69. The van der Waals surface area contributed by atoms with E-state index in [1.165, 1.54) is 4.52 Å². The number of anilines is 1. The largest absolute Gasteiger partial charge is 0.381 e. The van der Waals surface area contributed by atoms with Crippen molar-refractivity contribution in [2.75, 3.05) is 5.73 Å². The summed E-state index contributed by atoms with van der Waals surface area (Å²) in [6.45, 7) is 3.81. The molecule has 0 saturated heterocycles. The van der Waals surface area contributed by atoms with Crippen LogP contribution in [0.25, 0.3) is 22.1 Å². The highest BCUT2D eigenvalue weighted by atomic mass is 16.2. The van der Waals surface area contributed by atoms with Crippen molar-refractivity contribution in [3.8, 4) is 17.5 Å². The third kappa shape index (κ3) is 4.70. The first kappa shape index (κ1) is 25.6. The molecule has 1 atom stereocenters. The van der Waals surface area contributed by atoms with Crippen LogP contribution in [-0.2, 0) is 7.05 Å². The van der Waals surface area contributed by atoms with E-state index in [4.69, 9.17) is 5.73 Å². The number of nitrogen functional groups attached to an aromatic ring is 1. The van der Waals surface area contributed by atoms with Crippen LogP contribution >= 0.6 is 0 Å². The van der Waals surface area contributed by atoms with Crippen molar-refractivity contribution < 1.29 is 4.79 Å². The quantitative estimate of drug-likeness (QED) is 0.328. The molecule has 0 unspecified atom stereocenters. The molecule has 41 heavy (non-hydrogen) atoms. The topological polar surface area (TPSA) is 125 Å². The maximum Gasteiger partial charge on any atom is 0.264 e. The molecule has 1 amide bonds. The van der Waals surface area contributed by atoms with Gasteiger partial charge in [0.05, 0.1) is 23.2 Å². The maximum absolute atomic E-state index is 14.2. The van der Waals surface area contributed by atoms with Crippen molar-refractivity contribution >= 4 is 28.1 Å². The number of aromatic nitrogens is 6. The predicted molar refractivity (Wildman–Crippen MR) is 157 cm³/mol. The minimum Gasteiger partial charge on any atom is -0.381 e. The van der Waals surface area contributed by atoms with Crippen molar-refractivity contribution in [3.63, 3.8) is 0 Å². The van der Waals surface area contributed by atoms with E-state index in [2.05, 4.69) is 32.3 Å². The fourth-order valence-electron chi connectivity index (χ4n) is 4.85. The summed E-state index contributed by atoms with van der Waals surface area (Å²) in [5.74, 6) is 5.88. The second-order valence-corrected chi connectivity index (χ2v) is 9.81. The number of benzene rings is 2. The first-order chi connectivity index (χ1) is 19.8. The molecule has 0 spiro atoms. The Morgan fingerprint density at radius 2 is 1.90 bits per heavy atom. The molecule has 0 radical (unpaired) electrons. The Labute approximate surface area is 235 Å². The van der Waals surface area contributed by atoms with E-state index >= 15 is 0 Å². The van der Waals surface area contributed by atoms with Crippen molar-refractivity contribution in [1.82, 2.24) is 34.3 Å². The van der Waals surface area contributed by atoms with Gasteiger partial charge >= 0.3 is 0 Å². The van der Waals surface area contributed by atoms with Crippen LogP contribution in [0.15, 0.2) is 84.2 Å². The van der Waals surface area contributed by atoms with E-state index in [-0.39, 0.29) is 16.9 Å². The molecule has 6 aromatic rings. The van der Waals surface area contributed by atoms with Gasteiger partial charge in [-0.1, -0.05) is 41.7 Å². The van der Waals surface area contributed by atoms with Gasteiger partial charge in [0.2, 0.25) is 0 Å². The number of amides is 1. The highest BCUT2D eigenvalue weighted by molar-refractivity contribution is 6.04. The standard InChI is InChI=1S/C31H26N8O2/c1-19-8-12-24(13-9-19)39-25(20(2)35-30(40)27-28(32)36-38-15-5-14-33-29(27)38)16-23-7-4-6-22(26(23)31(39)41)11-10-21-17-34-37(3)18-21/h4-9,12-18,20H,1-3H3,(H2,32,36)(H,35,40)/t20-/m1/s1. The number of fused-ring (bicyclic) bond motifs is 2. The summed E-state index contributed by atoms with van der Waals surface area (Å²) in [4.78, 5) is 32.0. The number of pyridine rings is 1. The molecule has 6 rings (SSSR count). The second-order valence-electron chi connectivity index (χ2n) is 9.81. The van der Waals surface area contributed by atoms with Gasteiger partial charge in [-0.2, -0.15) is 5.10 Å². The van der Waals surface area contributed by atoms with E-state index in [0.717, 1.165) is 11.1 Å². The molecule has 0 bridgehead atoms. The lowest BCUT2D eigenvalue weighted by Gasteiger charge is -2.21. The number of carbonyl (C=O) groups excluding carboxylic acids is 1. The maximum atomic E-state index is 14.2. The Bertz CT molecular complexity index is 2070. The SMILES string of the molecule is Cc1ccc(-n2c([C@@H](C)NC(=O)c3c(N)nn4cccnc34)cc3cccc(C#Cc4cnn(C)c4)c3c2=O)cc1. The van der Waals surface area contributed by atoms with Crippen LogP contribution in [0.2, 0.25) is 0 Å². The Morgan fingerprint density at radius 3 is 2.66 bits per heavy atom. The Morgan fingerprint density at radius 1 is 1.10 bits per heavy atom. The lowest BCUT2D eigenvalue weighted by molar-refractivity contribution is 0.0941. The summed E-state index contributed by atoms with van der Waals surface area (Å²) in [6, 6.07) is 16.3. The molecular weight excluding hydrogens is 516 g/mol. The molecule has 4 heterocycles. The highest BCUT2D eigenvalue weighted by Gasteiger charge is 2.24. The molecule has 202 valence electrons. The summed E-state index contributed by atoms with van der Waals surface area (Å²) in [5, 5.41) is 12.6. The monoisotopic (exact) mass is 542 g/mol. The van der Waals surface area contributed by atoms with E-state index in [0.29, 0.717) is 33.4 Å². The molecule has 0 aliphatic heterocycles. The number of hydrogen-bond acceptors (Lipinski definition) is 6. The van der Waals surface area contributed by atoms with Crippen LogP contribution < -0.4 is 16.6 Å². The number of hydrogen-bond donors (Lipinski definition) is 2. The number of carbonyl (C=O) groups is 1. The second kappa shape index (κ2) is 10.1. The molecule has 10 heteroatoms. The first-order valence-electron chi connectivity index (χ1n) is 13.0. The van der Waals surface area contributed by atoms with Crippen LogP contribution in [0.4, 0.5) is 5.82 Å². The smallest absolute Gasteiger partial charge is 0.264 e. The number of nitrogens with two attached hydrogens (primary N) is 1. The van der Waals surface area contributed by atoms with Crippen molar-refractivity contribution in [3.05, 3.63) is 118 Å². The van der Waals surface area contributed by atoms with E-state index < -0.39 is 11.9 Å². The molecule has 4 aromatic heterocycles. The average Bonchev–Trinajstić information content (AvgIpc) is 3.53. The van der Waals surface area contributed by atoms with Crippen molar-refractivity contribution in [1.29, 1.82) is 0 Å². The number of rotatable bonds is 4. The molecule has 0 saturated carbocycles. The van der Waals surface area contributed by atoms with Crippen molar-refractivity contribution in [2.24, 2.45) is 7.05 Å². The van der Waals surface area contributed by atoms with E-state index in [1.54, 1.807) is 33.9 Å². The molecule has 2 aromatic carbocycles. The fraction of sp³-hybridized carbons (Fsp3) is 0.129. The van der Waals surface area contributed by atoms with Gasteiger partial charge in [-0.15, -0.1) is 5.10 Å². The molecule has 0 aliphatic rings. The van der Waals surface area contributed by atoms with Crippen LogP contribution in [0.1, 0.15) is 45.7 Å². The zero-order valence-corrected chi connectivity index (χ0v) is 22.7. The van der Waals surface area contributed by atoms with Gasteiger partial charge in [-0.25, -0.2) is 9.50 Å². The zero-order chi connectivity index (χ0) is 28.7. The summed E-state index contributed by atoms with van der Waals surface area (Å²) in [6.07, 6.45) is 6.74. The first-order valence-corrected chi connectivity index (χ1v) is 13.0. The summed E-state index contributed by atoms with van der Waals surface area (Å²) in [5.41, 5.74) is 10.0. The molecule has 0 aliphatic carbocycles. The van der Waals surface area contributed by atoms with Gasteiger partial charge in [0.15, 0.2) is 11.5 Å². The van der Waals surface area contributed by atoms with Crippen LogP contribution in [-0.4, -0.2) is 34.9 Å². The van der Waals surface area contributed by atoms with Gasteiger partial charge in [-0.3, -0.25) is 18.8 Å². The van der Waals surface area contributed by atoms with Crippen LogP contribution in [0, 0.1) is 18.8 Å². The third-order valence-electron chi connectivity index (χ3n) is 6.85. The normalized spacial score (nSPS) is 11.8. The summed E-state index contributed by atoms with van der Waals surface area (Å²) >= 11 is 0. The van der Waals surface area contributed by atoms with Gasteiger partial charge in [0.25, 0.3) is 11.5 Å². The molecule has 0 fully saturated rings. The minimum absolute atomic E-state index is 0.0691. The number of nitrogens with zero attached hydrogens (tertiary/aromatic N) is 6. The van der Waals surface area contributed by atoms with Crippen LogP contribution in [0.3, 0.4) is 0 Å². The molecular formula is C31H26N8O2. The molecule has 3 N–H and O–H groups in total. The van der Waals surface area contributed by atoms with Gasteiger partial charge in [0, 0.05) is 42.6 Å². The summed E-state index contributed by atoms with van der Waals surface area (Å²) in [7, 11) is 1.82. The van der Waals surface area contributed by atoms with Gasteiger partial charge in [0.1, 0.15) is 5.56 Å². The molecule has 10 nitrogen and oxygen atoms in total. The highest BCUT2D eigenvalue weighted by Crippen LogP contribution is 2.25. The van der Waals surface area contributed by atoms with E-state index in [9.17, 15) is 9.59 Å². The average molecular weight is 543 g/mol. The predicted octanol–water partition coefficient (Wildman–Crippen LogP) is 3.55. The van der Waals surface area contributed by atoms with Crippen LogP contribution in [0.5, 0.6) is 0 Å². The minimum atomic E-state index is -0.580. The summed E-state index contributed by atoms with van der Waals surface area (Å²) < 4.78 is 4.76. The third-order valence-corrected chi connectivity index (χ3v) is 6.85. The van der Waals surface area contributed by atoms with Crippen molar-refractivity contribution in [2.45, 2.75) is 19.9 Å². The lowest BCUT2D eigenvalue weighted by Crippen LogP contribution is -2.32. The van der Waals surface area contributed by atoms with Gasteiger partial charge < -0.3 is 11.1 Å². The number of nitrogens with one attached hydrogen (secondary N) is 1. The fourth-order valence-corrected chi connectivity index (χ4v) is 4.85. The Kier molecular flexibility index (Phi) is 6.32. The number of aryl methyl sites for hydroxylation is 2. The van der Waals surface area contributed by atoms with E-state index in [1.807, 2.05) is 75.6 Å². The lowest BCUT2D eigenvalue weighted by atomic mass is 10.0. The van der Waals surface area contributed by atoms with Gasteiger partial charge in [-0.05, 0) is 49.6 Å².